The van der Waals surface area contributed by atoms with Gasteiger partial charge in [-0.3, -0.25) is 4.79 Å². The van der Waals surface area contributed by atoms with Crippen LogP contribution in [0.1, 0.15) is 16.9 Å². The van der Waals surface area contributed by atoms with Crippen LogP contribution in [0.4, 0.5) is 13.2 Å². The van der Waals surface area contributed by atoms with Crippen molar-refractivity contribution in [3.8, 4) is 0 Å². The van der Waals surface area contributed by atoms with Crippen LogP contribution < -0.4 is 5.32 Å². The van der Waals surface area contributed by atoms with Crippen LogP contribution >= 0.6 is 10.7 Å². The molecule has 5 nitrogen and oxygen atoms in total. The highest BCUT2D eigenvalue weighted by Gasteiger charge is 2.27. The van der Waals surface area contributed by atoms with Gasteiger partial charge in [-0.25, -0.2) is 8.42 Å². The summed E-state index contributed by atoms with van der Waals surface area (Å²) in [6.07, 6.45) is -4.43. The predicted octanol–water partition coefficient (Wildman–Crippen LogP) is 1.63. The van der Waals surface area contributed by atoms with E-state index in [0.29, 0.717) is 0 Å². The number of nitrogens with one attached hydrogen (secondary N) is 1. The summed E-state index contributed by atoms with van der Waals surface area (Å²) in [6, 6.07) is 0.991. The third kappa shape index (κ3) is 4.75. The number of rotatable bonds is 4. The number of hydrogen-bond acceptors (Lipinski definition) is 3. The molecule has 0 aliphatic heterocycles. The van der Waals surface area contributed by atoms with Gasteiger partial charge < -0.3 is 9.88 Å². The quantitative estimate of drug-likeness (QED) is 0.858. The Morgan fingerprint density at radius 1 is 1.47 bits per heavy atom. The third-order valence-electron chi connectivity index (χ3n) is 2.19. The normalized spacial score (nSPS) is 12.5. The summed E-state index contributed by atoms with van der Waals surface area (Å²) in [5, 5.41) is 2.04. The second-order valence-electron chi connectivity index (χ2n) is 3.73. The fourth-order valence-corrected chi connectivity index (χ4v) is 2.09. The SMILES string of the molecule is Cn1cc(S(=O)(=O)Cl)cc1C(=O)NCCC(F)(F)F. The number of aromatic nitrogens is 1. The number of halogens is 4. The van der Waals surface area contributed by atoms with E-state index in [-0.39, 0.29) is 10.6 Å². The Labute approximate surface area is 111 Å². The van der Waals surface area contributed by atoms with E-state index in [2.05, 4.69) is 0 Å². The molecule has 1 N–H and O–H groups in total. The fourth-order valence-electron chi connectivity index (χ4n) is 1.30. The van der Waals surface area contributed by atoms with E-state index < -0.39 is 34.1 Å². The Hall–Kier alpha value is -1.22. The largest absolute Gasteiger partial charge is 0.390 e. The van der Waals surface area contributed by atoms with Crippen molar-refractivity contribution in [3.05, 3.63) is 18.0 Å². The Bertz CT molecular complexity index is 580. The molecule has 1 rings (SSSR count). The molecular formula is C9H10ClF3N2O3S. The van der Waals surface area contributed by atoms with Crippen LogP contribution in [0.2, 0.25) is 0 Å². The zero-order chi connectivity index (χ0) is 14.8. The zero-order valence-electron chi connectivity index (χ0n) is 9.66. The van der Waals surface area contributed by atoms with Crippen molar-refractivity contribution in [2.24, 2.45) is 7.05 Å². The molecule has 1 aromatic rings. The summed E-state index contributed by atoms with van der Waals surface area (Å²) < 4.78 is 58.9. The summed E-state index contributed by atoms with van der Waals surface area (Å²) in [5.74, 6) is -0.807. The Balaban J connectivity index is 2.76. The van der Waals surface area contributed by atoms with Crippen molar-refractivity contribution in [2.75, 3.05) is 6.54 Å². The second kappa shape index (κ2) is 5.41. The average molecular weight is 319 g/mol. The number of carbonyl (C=O) groups excluding carboxylic acids is 1. The third-order valence-corrected chi connectivity index (χ3v) is 3.51. The van der Waals surface area contributed by atoms with Crippen LogP contribution in [0.25, 0.3) is 0 Å². The maximum atomic E-state index is 11.9. The summed E-state index contributed by atoms with van der Waals surface area (Å²) in [6.45, 7) is -0.587. The Morgan fingerprint density at radius 2 is 2.05 bits per heavy atom. The lowest BCUT2D eigenvalue weighted by molar-refractivity contribution is -0.132. The number of alkyl halides is 3. The Morgan fingerprint density at radius 3 is 2.47 bits per heavy atom. The van der Waals surface area contributed by atoms with Crippen LogP contribution in [0, 0.1) is 0 Å². The molecular weight excluding hydrogens is 309 g/mol. The maximum absolute atomic E-state index is 11.9. The van der Waals surface area contributed by atoms with Gasteiger partial charge in [0.15, 0.2) is 0 Å². The molecule has 0 bridgehead atoms. The molecule has 10 heteroatoms. The predicted molar refractivity (Wildman–Crippen MR) is 61.5 cm³/mol. The van der Waals surface area contributed by atoms with Crippen molar-refractivity contribution in [1.29, 1.82) is 0 Å². The number of aryl methyl sites for hydroxylation is 1. The molecule has 0 fully saturated rings. The molecule has 19 heavy (non-hydrogen) atoms. The summed E-state index contributed by atoms with van der Waals surface area (Å²) in [7, 11) is 2.48. The van der Waals surface area contributed by atoms with Gasteiger partial charge in [-0.15, -0.1) is 0 Å². The highest BCUT2D eigenvalue weighted by Crippen LogP contribution is 2.19. The summed E-state index contributed by atoms with van der Waals surface area (Å²) in [4.78, 5) is 11.3. The van der Waals surface area contributed by atoms with Gasteiger partial charge in [0.05, 0.1) is 6.42 Å². The van der Waals surface area contributed by atoms with Gasteiger partial charge in [0.2, 0.25) is 0 Å². The van der Waals surface area contributed by atoms with E-state index in [0.717, 1.165) is 16.8 Å². The molecule has 0 atom stereocenters. The number of hydrogen-bond donors (Lipinski definition) is 1. The van der Waals surface area contributed by atoms with Crippen LogP contribution in [-0.2, 0) is 16.1 Å². The van der Waals surface area contributed by atoms with Crippen molar-refractivity contribution < 1.29 is 26.4 Å². The standard InChI is InChI=1S/C9H10ClF3N2O3S/c1-15-5-6(19(10,17)18)4-7(15)8(16)14-3-2-9(11,12)13/h4-5H,2-3H2,1H3,(H,14,16). The molecule has 1 heterocycles. The number of amides is 1. The highest BCUT2D eigenvalue weighted by atomic mass is 35.7. The van der Waals surface area contributed by atoms with Crippen LogP contribution in [0.5, 0.6) is 0 Å². The monoisotopic (exact) mass is 318 g/mol. The molecule has 0 aliphatic rings. The lowest BCUT2D eigenvalue weighted by Gasteiger charge is -2.08. The van der Waals surface area contributed by atoms with Gasteiger partial charge in [0, 0.05) is 30.5 Å². The molecule has 1 aromatic heterocycles. The van der Waals surface area contributed by atoms with E-state index in [1.54, 1.807) is 0 Å². The highest BCUT2D eigenvalue weighted by molar-refractivity contribution is 8.13. The minimum absolute atomic E-state index is 0.0959. The number of carbonyl (C=O) groups is 1. The minimum Gasteiger partial charge on any atom is -0.350 e. The molecule has 0 saturated heterocycles. The average Bonchev–Trinajstić information content (AvgIpc) is 2.57. The van der Waals surface area contributed by atoms with Crippen molar-refractivity contribution >= 4 is 25.6 Å². The van der Waals surface area contributed by atoms with Gasteiger partial charge in [-0.2, -0.15) is 13.2 Å². The Kier molecular flexibility index (Phi) is 4.51. The smallest absolute Gasteiger partial charge is 0.350 e. The van der Waals surface area contributed by atoms with E-state index in [1.165, 1.54) is 7.05 Å². The lowest BCUT2D eigenvalue weighted by atomic mass is 10.3. The summed E-state index contributed by atoms with van der Waals surface area (Å²) in [5.41, 5.74) is -0.0959. The molecule has 0 radical (unpaired) electrons. The summed E-state index contributed by atoms with van der Waals surface area (Å²) >= 11 is 0. The molecule has 0 spiro atoms. The van der Waals surface area contributed by atoms with E-state index in [1.807, 2.05) is 5.32 Å². The van der Waals surface area contributed by atoms with E-state index in [9.17, 15) is 26.4 Å². The van der Waals surface area contributed by atoms with E-state index >= 15 is 0 Å². The first-order valence-corrected chi connectivity index (χ1v) is 7.27. The maximum Gasteiger partial charge on any atom is 0.390 e. The lowest BCUT2D eigenvalue weighted by Crippen LogP contribution is -2.29. The van der Waals surface area contributed by atoms with Crippen molar-refractivity contribution in [1.82, 2.24) is 9.88 Å². The molecule has 0 unspecified atom stereocenters. The first kappa shape index (κ1) is 15.8. The molecule has 0 saturated carbocycles. The second-order valence-corrected chi connectivity index (χ2v) is 6.30. The minimum atomic E-state index is -4.37. The van der Waals surface area contributed by atoms with Crippen LogP contribution in [0.3, 0.4) is 0 Å². The van der Waals surface area contributed by atoms with Crippen LogP contribution in [-0.4, -0.2) is 31.6 Å². The van der Waals surface area contributed by atoms with Gasteiger partial charge in [-0.05, 0) is 6.07 Å². The van der Waals surface area contributed by atoms with Gasteiger partial charge in [0.1, 0.15) is 10.6 Å². The molecule has 108 valence electrons. The zero-order valence-corrected chi connectivity index (χ0v) is 11.2. The van der Waals surface area contributed by atoms with Gasteiger partial charge in [0.25, 0.3) is 15.0 Å². The van der Waals surface area contributed by atoms with Crippen molar-refractivity contribution in [3.63, 3.8) is 0 Å². The fraction of sp³-hybridized carbons (Fsp3) is 0.444. The topological polar surface area (TPSA) is 68.2 Å². The first-order chi connectivity index (χ1) is 8.50. The van der Waals surface area contributed by atoms with Crippen LogP contribution in [0.15, 0.2) is 17.2 Å². The van der Waals surface area contributed by atoms with E-state index in [4.69, 9.17) is 10.7 Å². The van der Waals surface area contributed by atoms with Gasteiger partial charge in [-0.1, -0.05) is 0 Å². The van der Waals surface area contributed by atoms with Gasteiger partial charge >= 0.3 is 6.18 Å². The molecule has 0 aromatic carbocycles. The molecule has 1 amide bonds. The first-order valence-electron chi connectivity index (χ1n) is 4.96. The van der Waals surface area contributed by atoms with Crippen molar-refractivity contribution in [2.45, 2.75) is 17.5 Å². The molecule has 0 aliphatic carbocycles. The number of nitrogens with zero attached hydrogens (tertiary/aromatic N) is 1.